The molecule has 0 fully saturated rings. The van der Waals surface area contributed by atoms with Crippen molar-refractivity contribution in [1.82, 2.24) is 4.90 Å². The molecule has 0 saturated carbocycles. The maximum atomic E-state index is 2.77. The molecule has 0 atom stereocenters. The van der Waals surface area contributed by atoms with Gasteiger partial charge in [0.15, 0.2) is 0 Å². The van der Waals surface area contributed by atoms with Crippen LogP contribution in [-0.4, -0.2) is 24.5 Å². The summed E-state index contributed by atoms with van der Waals surface area (Å²) in [6.07, 6.45) is 39.4. The van der Waals surface area contributed by atoms with Crippen LogP contribution in [0.4, 0.5) is 0 Å². The van der Waals surface area contributed by atoms with E-state index in [-0.39, 0.29) is 0 Å². The molecule has 0 amide bonds. The highest BCUT2D eigenvalue weighted by Crippen LogP contribution is 2.16. The minimum atomic E-state index is 0.892. The average molecular weight is 536 g/mol. The van der Waals surface area contributed by atoms with E-state index in [1.165, 1.54) is 193 Å². The molecule has 0 radical (unpaired) electrons. The molecule has 0 aliphatic rings. The van der Waals surface area contributed by atoms with Gasteiger partial charge in [0.1, 0.15) is 0 Å². The summed E-state index contributed by atoms with van der Waals surface area (Å²) in [5.41, 5.74) is 0. The number of hydrogen-bond donors (Lipinski definition) is 0. The maximum absolute atomic E-state index is 2.77. The van der Waals surface area contributed by atoms with Gasteiger partial charge in [-0.15, -0.1) is 0 Å². The minimum Gasteiger partial charge on any atom is -0.303 e. The van der Waals surface area contributed by atoms with Crippen molar-refractivity contribution in [3.05, 3.63) is 0 Å². The summed E-state index contributed by atoms with van der Waals surface area (Å²) < 4.78 is 0. The molecule has 0 aliphatic heterocycles. The minimum absolute atomic E-state index is 0.892. The summed E-state index contributed by atoms with van der Waals surface area (Å²) in [6, 6.07) is 0. The zero-order chi connectivity index (χ0) is 27.9. The molecule has 1 nitrogen and oxygen atoms in total. The number of nitrogens with zero attached hydrogens (tertiary/aromatic N) is 1. The highest BCUT2D eigenvalue weighted by atomic mass is 15.1. The molecule has 0 rings (SSSR count). The monoisotopic (exact) mass is 536 g/mol. The fourth-order valence-electron chi connectivity index (χ4n) is 5.96. The van der Waals surface area contributed by atoms with E-state index in [9.17, 15) is 0 Å². The summed E-state index contributed by atoms with van der Waals surface area (Å²) in [5.74, 6) is 1.78. The van der Waals surface area contributed by atoms with Crippen molar-refractivity contribution in [3.8, 4) is 0 Å². The van der Waals surface area contributed by atoms with Crippen LogP contribution in [-0.2, 0) is 0 Å². The maximum Gasteiger partial charge on any atom is -0.00187 e. The Morgan fingerprint density at radius 1 is 0.316 bits per heavy atom. The van der Waals surface area contributed by atoms with Crippen molar-refractivity contribution in [3.63, 3.8) is 0 Å². The third-order valence-electron chi connectivity index (χ3n) is 8.55. The molecule has 0 aromatic rings. The van der Waals surface area contributed by atoms with Crippen molar-refractivity contribution in [2.75, 3.05) is 19.6 Å². The zero-order valence-corrected chi connectivity index (χ0v) is 27.8. The molecule has 0 saturated heterocycles. The number of unbranched alkanes of at least 4 members (excludes halogenated alkanes) is 22. The summed E-state index contributed by atoms with van der Waals surface area (Å²) in [7, 11) is 0. The lowest BCUT2D eigenvalue weighted by Gasteiger charge is -2.21. The van der Waals surface area contributed by atoms with Crippen LogP contribution in [0.15, 0.2) is 0 Å². The zero-order valence-electron chi connectivity index (χ0n) is 27.8. The molecule has 0 N–H and O–H groups in total. The first kappa shape index (κ1) is 38.0. The number of hydrogen-bond acceptors (Lipinski definition) is 1. The Kier molecular flexibility index (Phi) is 31.5. The van der Waals surface area contributed by atoms with Gasteiger partial charge in [-0.05, 0) is 50.7 Å². The Balaban J connectivity index is 3.38. The van der Waals surface area contributed by atoms with Gasteiger partial charge in [-0.3, -0.25) is 0 Å². The van der Waals surface area contributed by atoms with Crippen molar-refractivity contribution in [2.24, 2.45) is 11.8 Å². The van der Waals surface area contributed by atoms with Gasteiger partial charge in [0.05, 0.1) is 0 Å². The molecule has 0 heterocycles. The van der Waals surface area contributed by atoms with E-state index < -0.39 is 0 Å². The normalized spacial score (nSPS) is 12.0. The van der Waals surface area contributed by atoms with Crippen LogP contribution in [0.1, 0.15) is 208 Å². The van der Waals surface area contributed by atoms with E-state index in [1.807, 2.05) is 0 Å². The quantitative estimate of drug-likeness (QED) is 0.0774. The van der Waals surface area contributed by atoms with E-state index in [2.05, 4.69) is 39.5 Å². The molecule has 0 spiro atoms. The molecular formula is C37H77N. The van der Waals surface area contributed by atoms with E-state index in [4.69, 9.17) is 0 Å². The van der Waals surface area contributed by atoms with Crippen molar-refractivity contribution in [2.45, 2.75) is 208 Å². The predicted molar refractivity (Wildman–Crippen MR) is 176 cm³/mol. The Bertz CT molecular complexity index is 379. The molecule has 38 heavy (non-hydrogen) atoms. The molecular weight excluding hydrogens is 458 g/mol. The van der Waals surface area contributed by atoms with Gasteiger partial charge in [0.2, 0.25) is 0 Å². The van der Waals surface area contributed by atoms with Crippen LogP contribution in [0.5, 0.6) is 0 Å². The van der Waals surface area contributed by atoms with E-state index >= 15 is 0 Å². The fraction of sp³-hybridized carbons (Fsp3) is 1.00. The molecule has 0 aromatic carbocycles. The van der Waals surface area contributed by atoms with E-state index in [1.54, 1.807) is 0 Å². The lowest BCUT2D eigenvalue weighted by molar-refractivity contribution is 0.260. The first-order valence-corrected chi connectivity index (χ1v) is 18.3. The molecule has 1 heteroatoms. The fourth-order valence-corrected chi connectivity index (χ4v) is 5.96. The van der Waals surface area contributed by atoms with Gasteiger partial charge in [-0.25, -0.2) is 0 Å². The Morgan fingerprint density at radius 2 is 0.553 bits per heavy atom. The topological polar surface area (TPSA) is 3.24 Å². The third-order valence-corrected chi connectivity index (χ3v) is 8.55. The van der Waals surface area contributed by atoms with Crippen LogP contribution in [0, 0.1) is 11.8 Å². The summed E-state index contributed by atoms with van der Waals surface area (Å²) in [6.45, 7) is 15.8. The smallest absolute Gasteiger partial charge is 0.00187 e. The van der Waals surface area contributed by atoms with E-state index in [0.717, 1.165) is 11.8 Å². The van der Waals surface area contributed by atoms with Crippen LogP contribution >= 0.6 is 0 Å². The van der Waals surface area contributed by atoms with Crippen molar-refractivity contribution >= 4 is 0 Å². The van der Waals surface area contributed by atoms with Gasteiger partial charge in [-0.2, -0.15) is 0 Å². The lowest BCUT2D eigenvalue weighted by Crippen LogP contribution is -2.27. The van der Waals surface area contributed by atoms with Gasteiger partial charge in [-0.1, -0.05) is 189 Å². The SMILES string of the molecule is CCCN(CCCCCCCCCCCCCCC(C)C)CCCCCCCCCCCCCCC(C)C. The Hall–Kier alpha value is -0.0400. The van der Waals surface area contributed by atoms with Gasteiger partial charge in [0.25, 0.3) is 0 Å². The van der Waals surface area contributed by atoms with Crippen LogP contribution in [0.25, 0.3) is 0 Å². The highest BCUT2D eigenvalue weighted by Gasteiger charge is 2.04. The van der Waals surface area contributed by atoms with Gasteiger partial charge >= 0.3 is 0 Å². The molecule has 0 aliphatic carbocycles. The summed E-state index contributed by atoms with van der Waals surface area (Å²) in [4.78, 5) is 2.77. The number of rotatable bonds is 32. The molecule has 0 bridgehead atoms. The average Bonchev–Trinajstić information content (AvgIpc) is 2.88. The van der Waals surface area contributed by atoms with Gasteiger partial charge in [0, 0.05) is 0 Å². The van der Waals surface area contributed by atoms with Crippen LogP contribution in [0.3, 0.4) is 0 Å². The second-order valence-electron chi connectivity index (χ2n) is 13.7. The Labute approximate surface area is 244 Å². The van der Waals surface area contributed by atoms with Crippen LogP contribution in [0.2, 0.25) is 0 Å². The highest BCUT2D eigenvalue weighted by molar-refractivity contribution is 4.59. The predicted octanol–water partition coefficient (Wildman–Crippen LogP) is 13.2. The second kappa shape index (κ2) is 31.5. The summed E-state index contributed by atoms with van der Waals surface area (Å²) >= 11 is 0. The third kappa shape index (κ3) is 32.2. The second-order valence-corrected chi connectivity index (χ2v) is 13.7. The first-order valence-electron chi connectivity index (χ1n) is 18.3. The van der Waals surface area contributed by atoms with Crippen molar-refractivity contribution in [1.29, 1.82) is 0 Å². The summed E-state index contributed by atoms with van der Waals surface area (Å²) in [5, 5.41) is 0. The standard InChI is InChI=1S/C37H77N/c1-6-33-38(34-29-25-21-17-13-9-7-11-15-19-23-27-31-36(2)3)35-30-26-22-18-14-10-8-12-16-20-24-28-32-37(4)5/h36-37H,6-35H2,1-5H3. The van der Waals surface area contributed by atoms with Crippen LogP contribution < -0.4 is 0 Å². The first-order chi connectivity index (χ1) is 18.6. The molecule has 0 aromatic heterocycles. The van der Waals surface area contributed by atoms with Crippen molar-refractivity contribution < 1.29 is 0 Å². The lowest BCUT2D eigenvalue weighted by atomic mass is 10.0. The van der Waals surface area contributed by atoms with Gasteiger partial charge < -0.3 is 4.90 Å². The molecule has 0 unspecified atom stereocenters. The van der Waals surface area contributed by atoms with E-state index in [0.29, 0.717) is 0 Å². The Morgan fingerprint density at radius 3 is 0.789 bits per heavy atom. The largest absolute Gasteiger partial charge is 0.303 e. The molecule has 230 valence electrons.